The fourth-order valence-corrected chi connectivity index (χ4v) is 2.80. The van der Waals surface area contributed by atoms with Crippen molar-refractivity contribution in [1.29, 1.82) is 0 Å². The lowest BCUT2D eigenvalue weighted by atomic mass is 9.78. The first-order valence-corrected chi connectivity index (χ1v) is 8.23. The zero-order valence-corrected chi connectivity index (χ0v) is 14.8. The van der Waals surface area contributed by atoms with Gasteiger partial charge in [-0.25, -0.2) is 4.79 Å². The van der Waals surface area contributed by atoms with Crippen molar-refractivity contribution in [3.63, 3.8) is 0 Å². The van der Waals surface area contributed by atoms with Gasteiger partial charge in [0.1, 0.15) is 12.1 Å². The van der Waals surface area contributed by atoms with Gasteiger partial charge < -0.3 is 24.1 Å². The lowest BCUT2D eigenvalue weighted by molar-refractivity contribution is -0.146. The average Bonchev–Trinajstić information content (AvgIpc) is 3.17. The summed E-state index contributed by atoms with van der Waals surface area (Å²) in [6.07, 6.45) is 1.36. The van der Waals surface area contributed by atoms with E-state index in [1.165, 1.54) is 7.11 Å². The number of methoxy groups -OCH3 is 1. The lowest BCUT2D eigenvalue weighted by Gasteiger charge is -2.19. The molecular formula is C17H24BNO6. The van der Waals surface area contributed by atoms with E-state index in [1.54, 1.807) is 14.2 Å². The molecule has 7 nitrogen and oxygen atoms in total. The van der Waals surface area contributed by atoms with Crippen molar-refractivity contribution in [3.8, 4) is 0 Å². The van der Waals surface area contributed by atoms with Crippen molar-refractivity contribution >= 4 is 24.5 Å². The number of hydrogen-bond donors (Lipinski definition) is 1. The summed E-state index contributed by atoms with van der Waals surface area (Å²) in [5.74, 6) is -0.759. The molecule has 1 aromatic carbocycles. The van der Waals surface area contributed by atoms with E-state index < -0.39 is 25.2 Å². The number of ether oxygens (including phenoxy) is 2. The van der Waals surface area contributed by atoms with Gasteiger partial charge in [-0.05, 0) is 23.9 Å². The van der Waals surface area contributed by atoms with E-state index in [-0.39, 0.29) is 5.91 Å². The van der Waals surface area contributed by atoms with Gasteiger partial charge in [0.2, 0.25) is 5.91 Å². The van der Waals surface area contributed by atoms with Gasteiger partial charge in [-0.1, -0.05) is 24.3 Å². The first-order chi connectivity index (χ1) is 12.1. The van der Waals surface area contributed by atoms with E-state index in [0.717, 1.165) is 17.4 Å². The van der Waals surface area contributed by atoms with E-state index >= 15 is 0 Å². The summed E-state index contributed by atoms with van der Waals surface area (Å²) in [6, 6.07) is 6.71. The molecule has 0 unspecified atom stereocenters. The fraction of sp³-hybridized carbons (Fsp3) is 0.529. The fourth-order valence-electron chi connectivity index (χ4n) is 2.80. The van der Waals surface area contributed by atoms with Crippen LogP contribution in [0.3, 0.4) is 0 Å². The molecular weight excluding hydrogens is 325 g/mol. The zero-order valence-electron chi connectivity index (χ0n) is 14.8. The van der Waals surface area contributed by atoms with Crippen LogP contribution in [-0.2, 0) is 34.8 Å². The van der Waals surface area contributed by atoms with E-state index in [0.29, 0.717) is 19.4 Å². The van der Waals surface area contributed by atoms with Crippen molar-refractivity contribution in [2.24, 2.45) is 0 Å². The van der Waals surface area contributed by atoms with Gasteiger partial charge in [0, 0.05) is 27.2 Å². The molecule has 0 aliphatic carbocycles. The highest BCUT2D eigenvalue weighted by atomic mass is 16.6. The Morgan fingerprint density at radius 1 is 1.24 bits per heavy atom. The molecule has 0 saturated carbocycles. The minimum Gasteiger partial charge on any atom is -0.467 e. The van der Waals surface area contributed by atoms with E-state index in [4.69, 9.17) is 18.8 Å². The van der Waals surface area contributed by atoms with E-state index in [2.05, 4.69) is 5.32 Å². The molecule has 0 spiro atoms. The molecule has 1 saturated heterocycles. The number of hydrogen-bond acceptors (Lipinski definition) is 6. The molecule has 1 aliphatic heterocycles. The molecule has 0 bridgehead atoms. The first kappa shape index (κ1) is 19.4. The Bertz CT molecular complexity index is 569. The van der Waals surface area contributed by atoms with Crippen molar-refractivity contribution in [2.45, 2.75) is 31.4 Å². The Morgan fingerprint density at radius 2 is 1.92 bits per heavy atom. The van der Waals surface area contributed by atoms with Crippen LogP contribution in [0.2, 0.25) is 0 Å². The molecule has 1 aromatic rings. The van der Waals surface area contributed by atoms with Crippen molar-refractivity contribution < 1.29 is 28.4 Å². The molecule has 25 heavy (non-hydrogen) atoms. The number of esters is 1. The number of benzene rings is 1. The van der Waals surface area contributed by atoms with Crippen LogP contribution >= 0.6 is 0 Å². The number of rotatable bonds is 8. The second-order valence-electron chi connectivity index (χ2n) is 5.84. The highest BCUT2D eigenvalue weighted by Crippen LogP contribution is 2.13. The Hall–Kier alpha value is -1.90. The van der Waals surface area contributed by atoms with Gasteiger partial charge in [-0.3, -0.25) is 4.79 Å². The number of carbonyl (C=O) groups excluding carboxylic acids is 2. The topological polar surface area (TPSA) is 83.1 Å². The SMILES string of the molecule is COB(OC)c1ccc(C[C@H](NC(=O)[C@@H]2CCCO2)C(=O)OC)cc1. The Kier molecular flexibility index (Phi) is 7.42. The van der Waals surface area contributed by atoms with Crippen molar-refractivity contribution in [2.75, 3.05) is 27.9 Å². The Balaban J connectivity index is 2.03. The molecule has 2 atom stereocenters. The summed E-state index contributed by atoms with van der Waals surface area (Å²) < 4.78 is 20.6. The molecule has 1 heterocycles. The Morgan fingerprint density at radius 3 is 2.44 bits per heavy atom. The third-order valence-electron chi connectivity index (χ3n) is 4.14. The summed E-state index contributed by atoms with van der Waals surface area (Å²) in [5, 5.41) is 2.73. The molecule has 136 valence electrons. The van der Waals surface area contributed by atoms with Crippen LogP contribution in [0.5, 0.6) is 0 Å². The molecule has 0 radical (unpaired) electrons. The highest BCUT2D eigenvalue weighted by Gasteiger charge is 2.29. The standard InChI is InChI=1S/C17H24BNO6/c1-22-17(21)14(19-16(20)15-5-4-10-25-15)11-12-6-8-13(9-7-12)18(23-2)24-3/h6-9,14-15H,4-5,10-11H2,1-3H3,(H,19,20)/t14-,15-/m0/s1. The Labute approximate surface area is 148 Å². The van der Waals surface area contributed by atoms with Crippen LogP contribution in [0.1, 0.15) is 18.4 Å². The summed E-state index contributed by atoms with van der Waals surface area (Å²) >= 11 is 0. The number of carbonyl (C=O) groups is 2. The van der Waals surface area contributed by atoms with Gasteiger partial charge in [0.15, 0.2) is 0 Å². The van der Waals surface area contributed by atoms with Crippen LogP contribution in [0.4, 0.5) is 0 Å². The highest BCUT2D eigenvalue weighted by molar-refractivity contribution is 6.61. The van der Waals surface area contributed by atoms with Crippen molar-refractivity contribution in [3.05, 3.63) is 29.8 Å². The summed E-state index contributed by atoms with van der Waals surface area (Å²) in [7, 11) is 3.99. The second kappa shape index (κ2) is 9.55. The number of amides is 1. The minimum absolute atomic E-state index is 0.275. The maximum atomic E-state index is 12.2. The quantitative estimate of drug-likeness (QED) is 0.528. The molecule has 0 aromatic heterocycles. The molecule has 8 heteroatoms. The minimum atomic E-state index is -0.756. The normalized spacial score (nSPS) is 17.8. The van der Waals surface area contributed by atoms with Crippen molar-refractivity contribution in [1.82, 2.24) is 5.32 Å². The largest absolute Gasteiger partial charge is 0.493 e. The van der Waals surface area contributed by atoms with E-state index in [9.17, 15) is 9.59 Å². The van der Waals surface area contributed by atoms with Gasteiger partial charge in [0.25, 0.3) is 0 Å². The van der Waals surface area contributed by atoms with E-state index in [1.807, 2.05) is 24.3 Å². The summed E-state index contributed by atoms with van der Waals surface area (Å²) in [6.45, 7) is 0.572. The predicted molar refractivity (Wildman–Crippen MR) is 92.5 cm³/mol. The van der Waals surface area contributed by atoms with Crippen LogP contribution < -0.4 is 10.8 Å². The third-order valence-corrected chi connectivity index (χ3v) is 4.14. The third kappa shape index (κ3) is 5.29. The molecule has 1 fully saturated rings. The summed E-state index contributed by atoms with van der Waals surface area (Å²) in [4.78, 5) is 24.2. The van der Waals surface area contributed by atoms with Gasteiger partial charge >= 0.3 is 13.1 Å². The smallest absolute Gasteiger partial charge is 0.467 e. The first-order valence-electron chi connectivity index (χ1n) is 8.23. The second-order valence-corrected chi connectivity index (χ2v) is 5.84. The molecule has 1 N–H and O–H groups in total. The molecule has 1 amide bonds. The van der Waals surface area contributed by atoms with Crippen LogP contribution in [-0.4, -0.2) is 59.1 Å². The molecule has 1 aliphatic rings. The van der Waals surface area contributed by atoms with Gasteiger partial charge in [-0.2, -0.15) is 0 Å². The van der Waals surface area contributed by atoms with Crippen LogP contribution in [0.15, 0.2) is 24.3 Å². The summed E-state index contributed by atoms with van der Waals surface area (Å²) in [5.41, 5.74) is 1.75. The monoisotopic (exact) mass is 349 g/mol. The maximum Gasteiger partial charge on any atom is 0.493 e. The number of nitrogens with one attached hydrogen (secondary N) is 1. The average molecular weight is 349 g/mol. The predicted octanol–water partition coefficient (Wildman–Crippen LogP) is 0.0539. The van der Waals surface area contributed by atoms with Gasteiger partial charge in [-0.15, -0.1) is 0 Å². The zero-order chi connectivity index (χ0) is 18.2. The lowest BCUT2D eigenvalue weighted by Crippen LogP contribution is -2.47. The maximum absolute atomic E-state index is 12.2. The molecule has 2 rings (SSSR count). The van der Waals surface area contributed by atoms with Crippen LogP contribution in [0, 0.1) is 0 Å². The van der Waals surface area contributed by atoms with Gasteiger partial charge in [0.05, 0.1) is 7.11 Å². The van der Waals surface area contributed by atoms with Crippen LogP contribution in [0.25, 0.3) is 0 Å².